The summed E-state index contributed by atoms with van der Waals surface area (Å²) in [5.41, 5.74) is 6.28. The molecule has 0 saturated heterocycles. The first kappa shape index (κ1) is 10.4. The third-order valence-electron chi connectivity index (χ3n) is 2.39. The van der Waals surface area contributed by atoms with Gasteiger partial charge in [0.05, 0.1) is 0 Å². The molecule has 5 nitrogen and oxygen atoms in total. The summed E-state index contributed by atoms with van der Waals surface area (Å²) >= 11 is 0. The number of carbonyl (C=O) groups is 1. The van der Waals surface area contributed by atoms with Crippen molar-refractivity contribution in [1.82, 2.24) is 14.8 Å². The number of carbonyl (C=O) groups excluding carboxylic acids is 1. The van der Waals surface area contributed by atoms with E-state index in [1.165, 1.54) is 0 Å². The van der Waals surface area contributed by atoms with E-state index in [2.05, 4.69) is 10.2 Å². The van der Waals surface area contributed by atoms with Crippen molar-refractivity contribution in [1.29, 1.82) is 0 Å². The van der Waals surface area contributed by atoms with Crippen molar-refractivity contribution in [2.24, 2.45) is 12.8 Å². The Bertz CT molecular complexity index is 504. The molecule has 0 saturated carbocycles. The summed E-state index contributed by atoms with van der Waals surface area (Å²) in [6.45, 7) is 0. The van der Waals surface area contributed by atoms with E-state index in [-0.39, 0.29) is 5.82 Å². The molecule has 0 bridgehead atoms. The van der Waals surface area contributed by atoms with Crippen LogP contribution in [0.5, 0.6) is 0 Å². The van der Waals surface area contributed by atoms with E-state index in [1.807, 2.05) is 30.3 Å². The maximum absolute atomic E-state index is 11.0. The number of amides is 1. The number of rotatable bonds is 3. The molecule has 0 aliphatic heterocycles. The molecule has 1 heterocycles. The molecule has 0 spiro atoms. The zero-order valence-corrected chi connectivity index (χ0v) is 8.92. The standard InChI is InChI=1S/C11H12N4O/c1-15-9(13-14-11(15)10(12)16)7-8-5-3-2-4-6-8/h2-6H,7H2,1H3,(H2,12,16). The Morgan fingerprint density at radius 1 is 1.31 bits per heavy atom. The predicted octanol–water partition coefficient (Wildman–Crippen LogP) is 0.505. The van der Waals surface area contributed by atoms with Crippen LogP contribution in [0.15, 0.2) is 30.3 Å². The Morgan fingerprint density at radius 2 is 2.00 bits per heavy atom. The Morgan fingerprint density at radius 3 is 2.56 bits per heavy atom. The van der Waals surface area contributed by atoms with Crippen molar-refractivity contribution in [3.63, 3.8) is 0 Å². The van der Waals surface area contributed by atoms with E-state index >= 15 is 0 Å². The van der Waals surface area contributed by atoms with Crippen molar-refractivity contribution in [3.8, 4) is 0 Å². The number of nitrogens with two attached hydrogens (primary N) is 1. The van der Waals surface area contributed by atoms with Crippen LogP contribution in [0.2, 0.25) is 0 Å². The van der Waals surface area contributed by atoms with Gasteiger partial charge < -0.3 is 10.3 Å². The Labute approximate surface area is 92.9 Å². The molecule has 0 atom stereocenters. The van der Waals surface area contributed by atoms with E-state index in [4.69, 9.17) is 5.73 Å². The molecule has 5 heteroatoms. The van der Waals surface area contributed by atoms with Crippen LogP contribution in [-0.4, -0.2) is 20.7 Å². The van der Waals surface area contributed by atoms with Crippen molar-refractivity contribution in [3.05, 3.63) is 47.5 Å². The molecule has 1 aromatic carbocycles. The van der Waals surface area contributed by atoms with Crippen molar-refractivity contribution in [2.45, 2.75) is 6.42 Å². The van der Waals surface area contributed by atoms with Gasteiger partial charge in [0.1, 0.15) is 5.82 Å². The van der Waals surface area contributed by atoms with E-state index in [1.54, 1.807) is 11.6 Å². The monoisotopic (exact) mass is 216 g/mol. The summed E-state index contributed by atoms with van der Waals surface area (Å²) in [6, 6.07) is 9.87. The minimum Gasteiger partial charge on any atom is -0.363 e. The Balaban J connectivity index is 2.26. The van der Waals surface area contributed by atoms with E-state index in [9.17, 15) is 4.79 Å². The molecule has 1 aromatic heterocycles. The van der Waals surface area contributed by atoms with Gasteiger partial charge in [-0.3, -0.25) is 4.79 Å². The highest BCUT2D eigenvalue weighted by Gasteiger charge is 2.12. The summed E-state index contributed by atoms with van der Waals surface area (Å²) in [7, 11) is 1.73. The van der Waals surface area contributed by atoms with Gasteiger partial charge in [-0.2, -0.15) is 0 Å². The van der Waals surface area contributed by atoms with Gasteiger partial charge in [0.15, 0.2) is 0 Å². The lowest BCUT2D eigenvalue weighted by Crippen LogP contribution is -2.17. The van der Waals surface area contributed by atoms with Gasteiger partial charge in [-0.05, 0) is 5.56 Å². The zero-order valence-electron chi connectivity index (χ0n) is 8.92. The Kier molecular flexibility index (Phi) is 2.68. The molecule has 0 fully saturated rings. The van der Waals surface area contributed by atoms with Gasteiger partial charge in [0.2, 0.25) is 5.82 Å². The topological polar surface area (TPSA) is 73.8 Å². The Hall–Kier alpha value is -2.17. The molecule has 1 amide bonds. The second-order valence-electron chi connectivity index (χ2n) is 3.53. The smallest absolute Gasteiger partial charge is 0.286 e. The van der Waals surface area contributed by atoms with E-state index < -0.39 is 5.91 Å². The molecule has 82 valence electrons. The lowest BCUT2D eigenvalue weighted by molar-refractivity contribution is 0.0987. The molecule has 2 rings (SSSR count). The van der Waals surface area contributed by atoms with Crippen molar-refractivity contribution in [2.75, 3.05) is 0 Å². The van der Waals surface area contributed by atoms with Crippen LogP contribution in [0, 0.1) is 0 Å². The lowest BCUT2D eigenvalue weighted by atomic mass is 10.1. The number of hydrogen-bond acceptors (Lipinski definition) is 3. The van der Waals surface area contributed by atoms with Gasteiger partial charge >= 0.3 is 0 Å². The van der Waals surface area contributed by atoms with Gasteiger partial charge in [-0.25, -0.2) is 0 Å². The fourth-order valence-electron chi connectivity index (χ4n) is 1.51. The number of nitrogens with zero attached hydrogens (tertiary/aromatic N) is 3. The first-order chi connectivity index (χ1) is 7.68. The molecule has 0 aliphatic carbocycles. The highest BCUT2D eigenvalue weighted by Crippen LogP contribution is 2.07. The molecule has 2 aromatic rings. The van der Waals surface area contributed by atoms with Gasteiger partial charge in [0.25, 0.3) is 5.91 Å². The molecule has 0 unspecified atom stereocenters. The van der Waals surface area contributed by atoms with E-state index in [0.717, 1.165) is 11.4 Å². The highest BCUT2D eigenvalue weighted by molar-refractivity contribution is 5.89. The summed E-state index contributed by atoms with van der Waals surface area (Å²) in [5.74, 6) is 0.347. The minimum atomic E-state index is -0.561. The average Bonchev–Trinajstić information content (AvgIpc) is 2.62. The number of benzene rings is 1. The minimum absolute atomic E-state index is 0.186. The van der Waals surface area contributed by atoms with Crippen LogP contribution >= 0.6 is 0 Å². The fourth-order valence-corrected chi connectivity index (χ4v) is 1.51. The lowest BCUT2D eigenvalue weighted by Gasteiger charge is -2.01. The second kappa shape index (κ2) is 4.14. The van der Waals surface area contributed by atoms with Crippen molar-refractivity contribution < 1.29 is 4.79 Å². The van der Waals surface area contributed by atoms with Gasteiger partial charge in [0, 0.05) is 13.5 Å². The maximum atomic E-state index is 11.0. The van der Waals surface area contributed by atoms with Crippen LogP contribution < -0.4 is 5.73 Å². The summed E-state index contributed by atoms with van der Waals surface area (Å²) in [6.07, 6.45) is 0.637. The second-order valence-corrected chi connectivity index (χ2v) is 3.53. The first-order valence-corrected chi connectivity index (χ1v) is 4.90. The third kappa shape index (κ3) is 1.93. The number of primary amides is 1. The molecular formula is C11H12N4O. The molecule has 16 heavy (non-hydrogen) atoms. The molecule has 2 N–H and O–H groups in total. The highest BCUT2D eigenvalue weighted by atomic mass is 16.1. The van der Waals surface area contributed by atoms with Crippen LogP contribution in [0.25, 0.3) is 0 Å². The maximum Gasteiger partial charge on any atom is 0.286 e. The predicted molar refractivity (Wildman–Crippen MR) is 58.8 cm³/mol. The summed E-state index contributed by atoms with van der Waals surface area (Å²) in [4.78, 5) is 11.0. The molecular weight excluding hydrogens is 204 g/mol. The first-order valence-electron chi connectivity index (χ1n) is 4.90. The van der Waals surface area contributed by atoms with Crippen LogP contribution in [0.3, 0.4) is 0 Å². The largest absolute Gasteiger partial charge is 0.363 e. The van der Waals surface area contributed by atoms with E-state index in [0.29, 0.717) is 6.42 Å². The third-order valence-corrected chi connectivity index (χ3v) is 2.39. The quantitative estimate of drug-likeness (QED) is 0.812. The average molecular weight is 216 g/mol. The van der Waals surface area contributed by atoms with Gasteiger partial charge in [-0.15, -0.1) is 10.2 Å². The summed E-state index contributed by atoms with van der Waals surface area (Å²) in [5, 5.41) is 7.69. The van der Waals surface area contributed by atoms with Crippen LogP contribution in [-0.2, 0) is 13.5 Å². The van der Waals surface area contributed by atoms with Crippen molar-refractivity contribution >= 4 is 5.91 Å². The number of aromatic nitrogens is 3. The molecule has 0 aliphatic rings. The molecule has 0 radical (unpaired) electrons. The normalized spacial score (nSPS) is 10.3. The fraction of sp³-hybridized carbons (Fsp3) is 0.182. The van der Waals surface area contributed by atoms with Crippen LogP contribution in [0.4, 0.5) is 0 Å². The summed E-state index contributed by atoms with van der Waals surface area (Å²) < 4.78 is 1.62. The number of hydrogen-bond donors (Lipinski definition) is 1. The zero-order chi connectivity index (χ0) is 11.5. The van der Waals surface area contributed by atoms with Gasteiger partial charge in [-0.1, -0.05) is 30.3 Å². The SMILES string of the molecule is Cn1c(Cc2ccccc2)nnc1C(N)=O. The van der Waals surface area contributed by atoms with Crippen LogP contribution in [0.1, 0.15) is 22.0 Å².